The molecule has 1 unspecified atom stereocenters. The van der Waals surface area contributed by atoms with Crippen LogP contribution < -0.4 is 0 Å². The van der Waals surface area contributed by atoms with E-state index in [2.05, 4.69) is 13.5 Å². The Bertz CT molecular complexity index is 193. The van der Waals surface area contributed by atoms with Crippen LogP contribution in [0.4, 0.5) is 0 Å². The maximum atomic E-state index is 8.61. The third-order valence-electron chi connectivity index (χ3n) is 1.90. The summed E-state index contributed by atoms with van der Waals surface area (Å²) in [7, 11) is 0. The molecule has 0 fully saturated rings. The molecule has 2 heteroatoms. The van der Waals surface area contributed by atoms with E-state index in [9.17, 15) is 0 Å². The lowest BCUT2D eigenvalue weighted by Gasteiger charge is -2.10. The van der Waals surface area contributed by atoms with Gasteiger partial charge >= 0.3 is 0 Å². The van der Waals surface area contributed by atoms with Crippen LogP contribution in [0.25, 0.3) is 0 Å². The Kier molecular flexibility index (Phi) is 5.75. The summed E-state index contributed by atoms with van der Waals surface area (Å²) in [5.41, 5.74) is 0. The average molecular weight is 162 g/mol. The van der Waals surface area contributed by atoms with Crippen molar-refractivity contribution >= 4 is 0 Å². The third kappa shape index (κ3) is 3.21. The molecule has 0 bridgehead atoms. The van der Waals surface area contributed by atoms with Crippen LogP contribution in [0.15, 0.2) is 12.7 Å². The van der Waals surface area contributed by atoms with E-state index < -0.39 is 5.92 Å². The van der Waals surface area contributed by atoms with Gasteiger partial charge in [0.2, 0.25) is 0 Å². The molecule has 0 aliphatic carbocycles. The van der Waals surface area contributed by atoms with Gasteiger partial charge in [0.1, 0.15) is 5.92 Å². The zero-order valence-corrected chi connectivity index (χ0v) is 7.45. The van der Waals surface area contributed by atoms with Gasteiger partial charge in [0.15, 0.2) is 0 Å². The van der Waals surface area contributed by atoms with Gasteiger partial charge in [0, 0.05) is 5.92 Å². The third-order valence-corrected chi connectivity index (χ3v) is 1.90. The Balaban J connectivity index is 4.07. The quantitative estimate of drug-likeness (QED) is 0.583. The zero-order chi connectivity index (χ0) is 9.40. The van der Waals surface area contributed by atoms with Crippen LogP contribution in [-0.4, -0.2) is 0 Å². The van der Waals surface area contributed by atoms with Crippen molar-refractivity contribution < 1.29 is 0 Å². The van der Waals surface area contributed by atoms with E-state index in [4.69, 9.17) is 10.5 Å². The van der Waals surface area contributed by atoms with Crippen LogP contribution in [0.1, 0.15) is 26.2 Å². The molecular formula is C10H14N2. The monoisotopic (exact) mass is 162 g/mol. The smallest absolute Gasteiger partial charge is 0.139 e. The van der Waals surface area contributed by atoms with Crippen LogP contribution in [0.3, 0.4) is 0 Å². The first-order chi connectivity index (χ1) is 5.79. The van der Waals surface area contributed by atoms with Crippen molar-refractivity contribution in [2.24, 2.45) is 11.8 Å². The summed E-state index contributed by atoms with van der Waals surface area (Å²) in [6.45, 7) is 5.72. The van der Waals surface area contributed by atoms with E-state index in [-0.39, 0.29) is 5.92 Å². The Labute approximate surface area is 74.1 Å². The summed E-state index contributed by atoms with van der Waals surface area (Å²) in [4.78, 5) is 0. The fourth-order valence-corrected chi connectivity index (χ4v) is 1.08. The highest BCUT2D eigenvalue weighted by molar-refractivity contribution is 5.06. The van der Waals surface area contributed by atoms with Gasteiger partial charge in [0.25, 0.3) is 0 Å². The van der Waals surface area contributed by atoms with Gasteiger partial charge < -0.3 is 0 Å². The second kappa shape index (κ2) is 6.43. The fourth-order valence-electron chi connectivity index (χ4n) is 1.08. The van der Waals surface area contributed by atoms with Crippen molar-refractivity contribution in [1.29, 1.82) is 10.5 Å². The average Bonchev–Trinajstić information content (AvgIpc) is 2.12. The Hall–Kier alpha value is -1.28. The van der Waals surface area contributed by atoms with Gasteiger partial charge in [-0.25, -0.2) is 0 Å². The van der Waals surface area contributed by atoms with Gasteiger partial charge in [-0.3, -0.25) is 0 Å². The summed E-state index contributed by atoms with van der Waals surface area (Å²) < 4.78 is 0. The number of unbranched alkanes of at least 4 members (excludes halogenated alkanes) is 1. The molecule has 0 aromatic carbocycles. The number of hydrogen-bond acceptors (Lipinski definition) is 2. The van der Waals surface area contributed by atoms with Crippen molar-refractivity contribution in [1.82, 2.24) is 0 Å². The lowest BCUT2D eigenvalue weighted by molar-refractivity contribution is 0.505. The number of nitrogens with zero attached hydrogens (tertiary/aromatic N) is 2. The topological polar surface area (TPSA) is 47.6 Å². The number of allylic oxidation sites excluding steroid dienone is 1. The van der Waals surface area contributed by atoms with E-state index in [0.717, 1.165) is 19.3 Å². The normalized spacial score (nSPS) is 11.7. The summed E-state index contributed by atoms with van der Waals surface area (Å²) in [6.07, 6.45) is 4.75. The molecule has 0 radical (unpaired) electrons. The first kappa shape index (κ1) is 10.7. The van der Waals surface area contributed by atoms with Crippen molar-refractivity contribution in [3.63, 3.8) is 0 Å². The Morgan fingerprint density at radius 2 is 2.00 bits per heavy atom. The predicted molar refractivity (Wildman–Crippen MR) is 47.9 cm³/mol. The molecule has 0 saturated heterocycles. The summed E-state index contributed by atoms with van der Waals surface area (Å²) >= 11 is 0. The minimum atomic E-state index is -0.519. The first-order valence-corrected chi connectivity index (χ1v) is 4.21. The van der Waals surface area contributed by atoms with Crippen LogP contribution in [0.5, 0.6) is 0 Å². The minimum absolute atomic E-state index is 0.0416. The Morgan fingerprint density at radius 3 is 2.33 bits per heavy atom. The molecule has 1 atom stereocenters. The largest absolute Gasteiger partial charge is 0.197 e. The molecule has 0 amide bonds. The Morgan fingerprint density at radius 1 is 1.42 bits per heavy atom. The van der Waals surface area contributed by atoms with Gasteiger partial charge in [-0.1, -0.05) is 25.8 Å². The molecule has 0 rings (SSSR count). The van der Waals surface area contributed by atoms with E-state index in [1.54, 1.807) is 6.08 Å². The molecule has 64 valence electrons. The molecule has 0 aliphatic heterocycles. The first-order valence-electron chi connectivity index (χ1n) is 4.21. The second-order valence-electron chi connectivity index (χ2n) is 2.78. The van der Waals surface area contributed by atoms with E-state index in [1.165, 1.54) is 0 Å². The predicted octanol–water partition coefficient (Wildman–Crippen LogP) is 2.64. The lowest BCUT2D eigenvalue weighted by Crippen LogP contribution is -2.08. The van der Waals surface area contributed by atoms with E-state index >= 15 is 0 Å². The van der Waals surface area contributed by atoms with E-state index in [0.29, 0.717) is 0 Å². The molecule has 0 heterocycles. The SMILES string of the molecule is C=CC(CCCC)C(C#N)C#N. The number of hydrogen-bond donors (Lipinski definition) is 0. The molecular weight excluding hydrogens is 148 g/mol. The van der Waals surface area contributed by atoms with Crippen LogP contribution in [-0.2, 0) is 0 Å². The van der Waals surface area contributed by atoms with Crippen LogP contribution in [0, 0.1) is 34.5 Å². The minimum Gasteiger partial charge on any atom is -0.197 e. The van der Waals surface area contributed by atoms with Gasteiger partial charge in [-0.2, -0.15) is 10.5 Å². The van der Waals surface area contributed by atoms with Crippen molar-refractivity contribution in [2.75, 3.05) is 0 Å². The maximum absolute atomic E-state index is 8.61. The second-order valence-corrected chi connectivity index (χ2v) is 2.78. The molecule has 12 heavy (non-hydrogen) atoms. The van der Waals surface area contributed by atoms with E-state index in [1.807, 2.05) is 12.1 Å². The lowest BCUT2D eigenvalue weighted by atomic mass is 9.90. The molecule has 0 aromatic rings. The van der Waals surface area contributed by atoms with Crippen molar-refractivity contribution in [3.05, 3.63) is 12.7 Å². The van der Waals surface area contributed by atoms with Gasteiger partial charge in [0.05, 0.1) is 12.1 Å². The molecule has 0 aromatic heterocycles. The maximum Gasteiger partial charge on any atom is 0.139 e. The summed E-state index contributed by atoms with van der Waals surface area (Å²) in [6, 6.07) is 3.96. The fraction of sp³-hybridized carbons (Fsp3) is 0.600. The highest BCUT2D eigenvalue weighted by Crippen LogP contribution is 2.18. The van der Waals surface area contributed by atoms with Crippen molar-refractivity contribution in [3.8, 4) is 12.1 Å². The molecule has 0 N–H and O–H groups in total. The van der Waals surface area contributed by atoms with Crippen LogP contribution >= 0.6 is 0 Å². The number of nitriles is 2. The molecule has 0 aliphatic rings. The molecule has 2 nitrogen and oxygen atoms in total. The summed E-state index contributed by atoms with van der Waals surface area (Å²) in [5.74, 6) is -0.478. The standard InChI is InChI=1S/C10H14N2/c1-3-5-6-9(4-2)10(7-11)8-12/h4,9-10H,2-3,5-6H2,1H3. The zero-order valence-electron chi connectivity index (χ0n) is 7.45. The highest BCUT2D eigenvalue weighted by atomic mass is 14.3. The van der Waals surface area contributed by atoms with Gasteiger partial charge in [-0.15, -0.1) is 6.58 Å². The van der Waals surface area contributed by atoms with Crippen molar-refractivity contribution in [2.45, 2.75) is 26.2 Å². The molecule has 0 saturated carbocycles. The van der Waals surface area contributed by atoms with Gasteiger partial charge in [-0.05, 0) is 6.42 Å². The van der Waals surface area contributed by atoms with Crippen LogP contribution in [0.2, 0.25) is 0 Å². The highest BCUT2D eigenvalue weighted by Gasteiger charge is 2.16. The number of rotatable bonds is 5. The molecule has 0 spiro atoms. The summed E-state index contributed by atoms with van der Waals surface area (Å²) in [5, 5.41) is 17.2.